The molecule has 0 bridgehead atoms. The summed E-state index contributed by atoms with van der Waals surface area (Å²) in [5.74, 6) is -0.778. The van der Waals surface area contributed by atoms with Gasteiger partial charge in [-0.05, 0) is 60.7 Å². The number of hydrogen-bond donors (Lipinski definition) is 2. The first-order chi connectivity index (χ1) is 15.3. The first-order valence-electron chi connectivity index (χ1n) is 9.27. The van der Waals surface area contributed by atoms with Crippen molar-refractivity contribution in [2.75, 3.05) is 23.8 Å². The van der Waals surface area contributed by atoms with Gasteiger partial charge in [-0.3, -0.25) is 9.52 Å². The summed E-state index contributed by atoms with van der Waals surface area (Å²) in [6.45, 7) is -0.343. The Morgan fingerprint density at radius 1 is 0.938 bits per heavy atom. The van der Waals surface area contributed by atoms with E-state index in [-0.39, 0.29) is 17.1 Å². The van der Waals surface area contributed by atoms with Gasteiger partial charge >= 0.3 is 5.97 Å². The van der Waals surface area contributed by atoms with Gasteiger partial charge in [-0.2, -0.15) is 0 Å². The molecule has 8 nitrogen and oxygen atoms in total. The Labute approximate surface area is 190 Å². The molecule has 0 spiro atoms. The number of para-hydroxylation sites is 1. The number of esters is 1. The predicted octanol–water partition coefficient (Wildman–Crippen LogP) is 3.94. The van der Waals surface area contributed by atoms with E-state index >= 15 is 0 Å². The Kier molecular flexibility index (Phi) is 7.34. The minimum Gasteiger partial charge on any atom is -0.484 e. The van der Waals surface area contributed by atoms with Crippen LogP contribution in [0.4, 0.5) is 11.4 Å². The Balaban J connectivity index is 1.60. The van der Waals surface area contributed by atoms with Crippen LogP contribution in [0.3, 0.4) is 0 Å². The number of benzene rings is 3. The SMILES string of the molecule is COC(=O)c1ccccc1NC(=O)COc1ccc(S(=O)(=O)Nc2ccc(Cl)cc2)cc1. The fourth-order valence-electron chi connectivity index (χ4n) is 2.66. The normalized spacial score (nSPS) is 10.8. The summed E-state index contributed by atoms with van der Waals surface area (Å²) in [6.07, 6.45) is 0. The number of nitrogens with one attached hydrogen (secondary N) is 2. The van der Waals surface area contributed by atoms with Crippen LogP contribution in [0.25, 0.3) is 0 Å². The molecule has 3 aromatic rings. The van der Waals surface area contributed by atoms with Crippen LogP contribution in [0.15, 0.2) is 77.7 Å². The van der Waals surface area contributed by atoms with Crippen molar-refractivity contribution in [1.29, 1.82) is 0 Å². The molecular weight excluding hydrogens is 456 g/mol. The maximum atomic E-state index is 12.5. The van der Waals surface area contributed by atoms with Crippen molar-refractivity contribution >= 4 is 44.9 Å². The molecule has 3 rings (SSSR count). The predicted molar refractivity (Wildman–Crippen MR) is 121 cm³/mol. The van der Waals surface area contributed by atoms with Gasteiger partial charge in [-0.25, -0.2) is 13.2 Å². The minimum atomic E-state index is -3.80. The number of anilines is 2. The molecule has 0 radical (unpaired) electrons. The van der Waals surface area contributed by atoms with Crippen molar-refractivity contribution < 1.29 is 27.5 Å². The van der Waals surface area contributed by atoms with Gasteiger partial charge in [0, 0.05) is 10.7 Å². The smallest absolute Gasteiger partial charge is 0.339 e. The van der Waals surface area contributed by atoms with E-state index in [1.807, 2.05) is 0 Å². The first-order valence-corrected chi connectivity index (χ1v) is 11.1. The van der Waals surface area contributed by atoms with Crippen LogP contribution >= 0.6 is 11.6 Å². The van der Waals surface area contributed by atoms with Gasteiger partial charge in [0.1, 0.15) is 5.75 Å². The van der Waals surface area contributed by atoms with Crippen LogP contribution in [-0.2, 0) is 19.6 Å². The molecule has 0 aliphatic heterocycles. The molecule has 0 aliphatic rings. The largest absolute Gasteiger partial charge is 0.484 e. The third-order valence-corrected chi connectivity index (χ3v) is 5.86. The molecular formula is C22H19ClN2O6S. The molecule has 0 saturated heterocycles. The van der Waals surface area contributed by atoms with Crippen molar-refractivity contribution in [2.45, 2.75) is 4.90 Å². The molecule has 0 fully saturated rings. The molecule has 32 heavy (non-hydrogen) atoms. The lowest BCUT2D eigenvalue weighted by Crippen LogP contribution is -2.21. The van der Waals surface area contributed by atoms with Crippen LogP contribution in [0.2, 0.25) is 5.02 Å². The minimum absolute atomic E-state index is 0.0243. The van der Waals surface area contributed by atoms with Crippen LogP contribution in [0.5, 0.6) is 5.75 Å². The van der Waals surface area contributed by atoms with Gasteiger partial charge in [0.25, 0.3) is 15.9 Å². The summed E-state index contributed by atoms with van der Waals surface area (Å²) in [5, 5.41) is 3.08. The van der Waals surface area contributed by atoms with E-state index in [9.17, 15) is 18.0 Å². The van der Waals surface area contributed by atoms with Crippen LogP contribution < -0.4 is 14.8 Å². The average Bonchev–Trinajstić information content (AvgIpc) is 2.79. The number of methoxy groups -OCH3 is 1. The fraction of sp³-hybridized carbons (Fsp3) is 0.0909. The summed E-state index contributed by atoms with van der Waals surface area (Å²) >= 11 is 5.80. The molecule has 2 N–H and O–H groups in total. The summed E-state index contributed by atoms with van der Waals surface area (Å²) in [4.78, 5) is 24.0. The molecule has 0 atom stereocenters. The number of ether oxygens (including phenoxy) is 2. The Morgan fingerprint density at radius 2 is 1.59 bits per heavy atom. The maximum Gasteiger partial charge on any atom is 0.339 e. The summed E-state index contributed by atoms with van der Waals surface area (Å²) < 4.78 is 37.5. The second-order valence-electron chi connectivity index (χ2n) is 6.46. The number of hydrogen-bond acceptors (Lipinski definition) is 6. The average molecular weight is 475 g/mol. The van der Waals surface area contributed by atoms with Gasteiger partial charge in [0.2, 0.25) is 0 Å². The van der Waals surface area contributed by atoms with Crippen LogP contribution in [0.1, 0.15) is 10.4 Å². The van der Waals surface area contributed by atoms with E-state index in [2.05, 4.69) is 14.8 Å². The standard InChI is InChI=1S/C22H19ClN2O6S/c1-30-22(27)19-4-2-3-5-20(19)24-21(26)14-31-17-10-12-18(13-11-17)32(28,29)25-16-8-6-15(23)7-9-16/h2-13,25H,14H2,1H3,(H,24,26). The molecule has 3 aromatic carbocycles. The topological polar surface area (TPSA) is 111 Å². The lowest BCUT2D eigenvalue weighted by molar-refractivity contribution is -0.118. The number of carbonyl (C=O) groups excluding carboxylic acids is 2. The third kappa shape index (κ3) is 5.99. The zero-order valence-electron chi connectivity index (χ0n) is 16.9. The molecule has 10 heteroatoms. The van der Waals surface area contributed by atoms with Crippen molar-refractivity contribution in [3.8, 4) is 5.75 Å². The van der Waals surface area contributed by atoms with E-state index in [4.69, 9.17) is 16.3 Å². The highest BCUT2D eigenvalue weighted by Crippen LogP contribution is 2.21. The zero-order valence-corrected chi connectivity index (χ0v) is 18.4. The summed E-state index contributed by atoms with van der Waals surface area (Å²) in [7, 11) is -2.55. The Bertz CT molecular complexity index is 1210. The van der Waals surface area contributed by atoms with Crippen molar-refractivity contribution in [2.24, 2.45) is 0 Å². The lowest BCUT2D eigenvalue weighted by atomic mass is 10.2. The number of sulfonamides is 1. The van der Waals surface area contributed by atoms with Gasteiger partial charge in [0.05, 0.1) is 23.3 Å². The molecule has 0 unspecified atom stereocenters. The number of carbonyl (C=O) groups is 2. The van der Waals surface area contributed by atoms with Gasteiger partial charge in [-0.15, -0.1) is 0 Å². The Morgan fingerprint density at radius 3 is 2.25 bits per heavy atom. The highest BCUT2D eigenvalue weighted by molar-refractivity contribution is 7.92. The van der Waals surface area contributed by atoms with Crippen molar-refractivity contribution in [1.82, 2.24) is 0 Å². The van der Waals surface area contributed by atoms with E-state index < -0.39 is 21.9 Å². The fourth-order valence-corrected chi connectivity index (χ4v) is 3.85. The quantitative estimate of drug-likeness (QED) is 0.478. The molecule has 1 amide bonds. The number of halogens is 1. The summed E-state index contributed by atoms with van der Waals surface area (Å²) in [6, 6.07) is 18.2. The van der Waals surface area contributed by atoms with E-state index in [0.717, 1.165) is 0 Å². The summed E-state index contributed by atoms with van der Waals surface area (Å²) in [5.41, 5.74) is 0.882. The van der Waals surface area contributed by atoms with E-state index in [0.29, 0.717) is 22.1 Å². The highest BCUT2D eigenvalue weighted by atomic mass is 35.5. The lowest BCUT2D eigenvalue weighted by Gasteiger charge is -2.11. The Hall–Kier alpha value is -3.56. The molecule has 0 saturated carbocycles. The number of amides is 1. The van der Waals surface area contributed by atoms with Gasteiger partial charge in [0.15, 0.2) is 6.61 Å². The maximum absolute atomic E-state index is 12.5. The molecule has 0 aliphatic carbocycles. The van der Waals surface area contributed by atoms with Crippen molar-refractivity contribution in [3.63, 3.8) is 0 Å². The third-order valence-electron chi connectivity index (χ3n) is 4.21. The number of rotatable bonds is 8. The first kappa shape index (κ1) is 23.1. The van der Waals surface area contributed by atoms with E-state index in [1.165, 1.54) is 37.4 Å². The van der Waals surface area contributed by atoms with Crippen molar-refractivity contribution in [3.05, 3.63) is 83.4 Å². The zero-order chi connectivity index (χ0) is 23.1. The molecule has 0 heterocycles. The second kappa shape index (κ2) is 10.2. The van der Waals surface area contributed by atoms with Gasteiger partial charge < -0.3 is 14.8 Å². The second-order valence-corrected chi connectivity index (χ2v) is 8.58. The van der Waals surface area contributed by atoms with Crippen LogP contribution in [0, 0.1) is 0 Å². The van der Waals surface area contributed by atoms with Gasteiger partial charge in [-0.1, -0.05) is 23.7 Å². The molecule has 0 aromatic heterocycles. The molecule has 166 valence electrons. The van der Waals surface area contributed by atoms with Crippen LogP contribution in [-0.4, -0.2) is 34.0 Å². The monoisotopic (exact) mass is 474 g/mol. The van der Waals surface area contributed by atoms with E-state index in [1.54, 1.807) is 42.5 Å². The highest BCUT2D eigenvalue weighted by Gasteiger charge is 2.16.